The number of hydrogen-bond donors (Lipinski definition) is 2. The molecule has 0 aliphatic rings. The van der Waals surface area contributed by atoms with Crippen LogP contribution in [0.2, 0.25) is 5.02 Å². The number of carbonyl (C=O) groups is 2. The Morgan fingerprint density at radius 3 is 2.57 bits per heavy atom. The second-order valence-electron chi connectivity index (χ2n) is 4.39. The van der Waals surface area contributed by atoms with Gasteiger partial charge in [0.1, 0.15) is 5.82 Å². The molecule has 0 fully saturated rings. The van der Waals surface area contributed by atoms with Crippen molar-refractivity contribution in [2.75, 3.05) is 5.32 Å². The lowest BCUT2D eigenvalue weighted by atomic mass is 10.1. The minimum absolute atomic E-state index is 0.0193. The Bertz CT molecular complexity index is 731. The van der Waals surface area contributed by atoms with Gasteiger partial charge in [-0.15, -0.1) is 0 Å². The molecule has 2 aromatic rings. The van der Waals surface area contributed by atoms with Gasteiger partial charge in [-0.25, -0.2) is 9.18 Å². The number of benzene rings is 2. The summed E-state index contributed by atoms with van der Waals surface area (Å²) in [5.74, 6) is -2.40. The first-order valence-corrected chi connectivity index (χ1v) is 6.37. The Kier molecular flexibility index (Phi) is 4.23. The van der Waals surface area contributed by atoms with Crippen LogP contribution in [-0.4, -0.2) is 17.0 Å². The molecule has 108 valence electrons. The molecule has 0 aliphatic carbocycles. The first kappa shape index (κ1) is 15.0. The number of carboxylic acid groups (broad SMARTS) is 1. The second-order valence-corrected chi connectivity index (χ2v) is 4.77. The van der Waals surface area contributed by atoms with E-state index in [9.17, 15) is 14.0 Å². The third-order valence-electron chi connectivity index (χ3n) is 2.92. The molecule has 4 nitrogen and oxygen atoms in total. The molecule has 2 N–H and O–H groups in total. The predicted octanol–water partition coefficient (Wildman–Crippen LogP) is 3.74. The van der Waals surface area contributed by atoms with Crippen molar-refractivity contribution in [1.29, 1.82) is 0 Å². The summed E-state index contributed by atoms with van der Waals surface area (Å²) >= 11 is 5.73. The first-order chi connectivity index (χ1) is 9.90. The highest BCUT2D eigenvalue weighted by atomic mass is 35.5. The first-order valence-electron chi connectivity index (χ1n) is 5.99. The maximum atomic E-state index is 13.3. The van der Waals surface area contributed by atoms with Crippen molar-refractivity contribution < 1.29 is 19.1 Å². The summed E-state index contributed by atoms with van der Waals surface area (Å²) in [5, 5.41) is 11.3. The zero-order chi connectivity index (χ0) is 15.6. The van der Waals surface area contributed by atoms with Crippen LogP contribution in [0.4, 0.5) is 10.1 Å². The lowest BCUT2D eigenvalue weighted by molar-refractivity contribution is 0.0695. The fourth-order valence-corrected chi connectivity index (χ4v) is 2.02. The number of rotatable bonds is 3. The monoisotopic (exact) mass is 307 g/mol. The van der Waals surface area contributed by atoms with Crippen LogP contribution in [0.1, 0.15) is 26.3 Å². The van der Waals surface area contributed by atoms with Crippen molar-refractivity contribution in [3.63, 3.8) is 0 Å². The van der Waals surface area contributed by atoms with Gasteiger partial charge in [0.2, 0.25) is 0 Å². The Morgan fingerprint density at radius 1 is 1.19 bits per heavy atom. The van der Waals surface area contributed by atoms with E-state index in [1.165, 1.54) is 18.2 Å². The highest BCUT2D eigenvalue weighted by molar-refractivity contribution is 6.34. The number of nitrogens with one attached hydrogen (secondary N) is 1. The Morgan fingerprint density at radius 2 is 1.90 bits per heavy atom. The van der Waals surface area contributed by atoms with Crippen LogP contribution < -0.4 is 5.32 Å². The van der Waals surface area contributed by atoms with E-state index in [4.69, 9.17) is 16.7 Å². The number of hydrogen-bond acceptors (Lipinski definition) is 2. The third kappa shape index (κ3) is 3.20. The van der Waals surface area contributed by atoms with Gasteiger partial charge in [0.15, 0.2) is 0 Å². The van der Waals surface area contributed by atoms with Crippen LogP contribution in [0.5, 0.6) is 0 Å². The van der Waals surface area contributed by atoms with Crippen molar-refractivity contribution in [3.8, 4) is 0 Å². The molecule has 2 aromatic carbocycles. The van der Waals surface area contributed by atoms with Gasteiger partial charge in [0, 0.05) is 5.69 Å². The maximum Gasteiger partial charge on any atom is 0.336 e. The standard InChI is InChI=1S/C15H11ClFNO3/c1-8-5-6-9(7-11(8)15(20)21)18-14(19)10-3-2-4-12(17)13(10)16/h2-7H,1H3,(H,18,19)(H,20,21). The molecule has 0 unspecified atom stereocenters. The summed E-state index contributed by atoms with van der Waals surface area (Å²) in [5.41, 5.74) is 0.930. The molecule has 0 saturated heterocycles. The minimum atomic E-state index is -1.09. The van der Waals surface area contributed by atoms with Gasteiger partial charge in [-0.05, 0) is 36.8 Å². The van der Waals surface area contributed by atoms with Gasteiger partial charge in [-0.2, -0.15) is 0 Å². The van der Waals surface area contributed by atoms with Gasteiger partial charge in [0.25, 0.3) is 5.91 Å². The molecule has 0 spiro atoms. The number of anilines is 1. The van der Waals surface area contributed by atoms with Crippen LogP contribution in [-0.2, 0) is 0 Å². The molecule has 1 amide bonds. The molecule has 6 heteroatoms. The Hall–Kier alpha value is -2.40. The quantitative estimate of drug-likeness (QED) is 0.907. The van der Waals surface area contributed by atoms with Gasteiger partial charge in [-0.1, -0.05) is 23.7 Å². The second kappa shape index (κ2) is 5.93. The molecule has 0 aliphatic heterocycles. The molecular weight excluding hydrogens is 297 g/mol. The molecule has 0 bridgehead atoms. The molecule has 21 heavy (non-hydrogen) atoms. The molecule has 2 rings (SSSR count). The number of carboxylic acids is 1. The minimum Gasteiger partial charge on any atom is -0.478 e. The fraction of sp³-hybridized carbons (Fsp3) is 0.0667. The summed E-state index contributed by atoms with van der Waals surface area (Å²) in [4.78, 5) is 23.1. The predicted molar refractivity (Wildman–Crippen MR) is 77.5 cm³/mol. The lowest BCUT2D eigenvalue weighted by Gasteiger charge is -2.09. The Labute approximate surface area is 125 Å². The Balaban J connectivity index is 2.30. The van der Waals surface area contributed by atoms with Crippen LogP contribution in [0, 0.1) is 12.7 Å². The third-order valence-corrected chi connectivity index (χ3v) is 3.31. The molecule has 0 aromatic heterocycles. The van der Waals surface area contributed by atoms with E-state index in [1.807, 2.05) is 0 Å². The lowest BCUT2D eigenvalue weighted by Crippen LogP contribution is -2.13. The number of halogens is 2. The average molecular weight is 308 g/mol. The highest BCUT2D eigenvalue weighted by Crippen LogP contribution is 2.22. The summed E-state index contributed by atoms with van der Waals surface area (Å²) < 4.78 is 13.3. The SMILES string of the molecule is Cc1ccc(NC(=O)c2cccc(F)c2Cl)cc1C(=O)O. The van der Waals surface area contributed by atoms with Crippen molar-refractivity contribution in [2.24, 2.45) is 0 Å². The number of amides is 1. The van der Waals surface area contributed by atoms with Crippen LogP contribution in [0.3, 0.4) is 0 Å². The van der Waals surface area contributed by atoms with Gasteiger partial charge in [-0.3, -0.25) is 4.79 Å². The van der Waals surface area contributed by atoms with E-state index in [-0.39, 0.29) is 16.1 Å². The molecule has 0 heterocycles. The molecule has 0 saturated carbocycles. The van der Waals surface area contributed by atoms with Crippen molar-refractivity contribution in [1.82, 2.24) is 0 Å². The van der Waals surface area contributed by atoms with E-state index in [0.29, 0.717) is 11.3 Å². The summed E-state index contributed by atoms with van der Waals surface area (Å²) in [6.07, 6.45) is 0. The zero-order valence-corrected chi connectivity index (χ0v) is 11.7. The van der Waals surface area contributed by atoms with Crippen molar-refractivity contribution >= 4 is 29.2 Å². The molecular formula is C15H11ClFNO3. The van der Waals surface area contributed by atoms with Crippen LogP contribution in [0.25, 0.3) is 0 Å². The van der Waals surface area contributed by atoms with Crippen molar-refractivity contribution in [3.05, 3.63) is 63.9 Å². The average Bonchev–Trinajstić information content (AvgIpc) is 2.43. The van der Waals surface area contributed by atoms with Gasteiger partial charge >= 0.3 is 5.97 Å². The highest BCUT2D eigenvalue weighted by Gasteiger charge is 2.15. The molecule has 0 atom stereocenters. The zero-order valence-electron chi connectivity index (χ0n) is 11.0. The largest absolute Gasteiger partial charge is 0.478 e. The smallest absolute Gasteiger partial charge is 0.336 e. The van der Waals surface area contributed by atoms with Gasteiger partial charge < -0.3 is 10.4 Å². The number of aromatic carboxylic acids is 1. The van der Waals surface area contributed by atoms with Crippen LogP contribution in [0.15, 0.2) is 36.4 Å². The van der Waals surface area contributed by atoms with Crippen LogP contribution >= 0.6 is 11.6 Å². The van der Waals surface area contributed by atoms with E-state index < -0.39 is 17.7 Å². The molecule has 0 radical (unpaired) electrons. The van der Waals surface area contributed by atoms with Gasteiger partial charge in [0.05, 0.1) is 16.1 Å². The summed E-state index contributed by atoms with van der Waals surface area (Å²) in [6.45, 7) is 1.65. The number of carbonyl (C=O) groups excluding carboxylic acids is 1. The van der Waals surface area contributed by atoms with E-state index in [2.05, 4.69) is 5.32 Å². The van der Waals surface area contributed by atoms with Crippen molar-refractivity contribution in [2.45, 2.75) is 6.92 Å². The number of aryl methyl sites for hydroxylation is 1. The van der Waals surface area contributed by atoms with E-state index in [1.54, 1.807) is 19.1 Å². The fourth-order valence-electron chi connectivity index (χ4n) is 1.81. The topological polar surface area (TPSA) is 66.4 Å². The summed E-state index contributed by atoms with van der Waals surface area (Å²) in [6, 6.07) is 8.37. The maximum absolute atomic E-state index is 13.3. The van der Waals surface area contributed by atoms with E-state index in [0.717, 1.165) is 6.07 Å². The summed E-state index contributed by atoms with van der Waals surface area (Å²) in [7, 11) is 0. The normalized spacial score (nSPS) is 10.2. The van der Waals surface area contributed by atoms with E-state index >= 15 is 0 Å².